The largest absolute Gasteiger partial charge is 0.493 e. The van der Waals surface area contributed by atoms with Gasteiger partial charge in [-0.05, 0) is 12.1 Å². The van der Waals surface area contributed by atoms with Crippen molar-refractivity contribution < 1.29 is 14.2 Å². The normalized spacial score (nSPS) is 10.3. The second kappa shape index (κ2) is 7.38. The molecule has 0 fully saturated rings. The Balaban J connectivity index is 2.23. The third-order valence-electron chi connectivity index (χ3n) is 2.94. The maximum atomic E-state index is 6.09. The van der Waals surface area contributed by atoms with Crippen molar-refractivity contribution in [1.82, 2.24) is 4.98 Å². The smallest absolute Gasteiger partial charge is 0.185 e. The molecule has 0 aliphatic rings. The summed E-state index contributed by atoms with van der Waals surface area (Å²) < 4.78 is 16.3. The Labute approximate surface area is 133 Å². The molecule has 4 nitrogen and oxygen atoms in total. The van der Waals surface area contributed by atoms with Gasteiger partial charge in [-0.2, -0.15) is 0 Å². The van der Waals surface area contributed by atoms with Gasteiger partial charge in [0.05, 0.1) is 20.1 Å². The van der Waals surface area contributed by atoms with Gasteiger partial charge in [-0.3, -0.25) is 4.98 Å². The summed E-state index contributed by atoms with van der Waals surface area (Å²) in [5.74, 6) is 2.06. The number of aromatic nitrogens is 1. The van der Waals surface area contributed by atoms with Crippen molar-refractivity contribution in [2.45, 2.75) is 12.5 Å². The summed E-state index contributed by atoms with van der Waals surface area (Å²) in [5, 5.41) is 0.577. The molecule has 0 radical (unpaired) electrons. The first-order chi connectivity index (χ1) is 10.2. The number of pyridine rings is 1. The molecule has 6 heteroatoms. The molecule has 0 saturated heterocycles. The van der Waals surface area contributed by atoms with E-state index in [0.29, 0.717) is 28.0 Å². The highest BCUT2D eigenvalue weighted by Gasteiger charge is 2.13. The summed E-state index contributed by atoms with van der Waals surface area (Å²) in [4.78, 5) is 4.26. The quantitative estimate of drug-likeness (QED) is 0.750. The van der Waals surface area contributed by atoms with Crippen LogP contribution in [-0.4, -0.2) is 19.2 Å². The SMILES string of the molecule is COc1ccnc(COc2cccc(Cl)c2CCl)c1OC. The van der Waals surface area contributed by atoms with Crippen LogP contribution >= 0.6 is 23.2 Å². The monoisotopic (exact) mass is 327 g/mol. The zero-order valence-electron chi connectivity index (χ0n) is 11.7. The summed E-state index contributed by atoms with van der Waals surface area (Å²) >= 11 is 12.0. The number of halogens is 2. The molecule has 0 atom stereocenters. The molecule has 1 aromatic heterocycles. The average Bonchev–Trinajstić information content (AvgIpc) is 2.52. The fourth-order valence-electron chi connectivity index (χ4n) is 1.90. The first-order valence-corrected chi connectivity index (χ1v) is 7.14. The molecule has 0 bridgehead atoms. The molecule has 0 spiro atoms. The molecular weight excluding hydrogens is 313 g/mol. The lowest BCUT2D eigenvalue weighted by Crippen LogP contribution is -2.04. The van der Waals surface area contributed by atoms with Crippen molar-refractivity contribution in [3.63, 3.8) is 0 Å². The standard InChI is InChI=1S/C15H15Cl2NO3/c1-19-14-6-7-18-12(15(14)20-2)9-21-13-5-3-4-11(17)10(13)8-16/h3-7H,8-9H2,1-2H3. The molecule has 0 aliphatic carbocycles. The number of hydrogen-bond acceptors (Lipinski definition) is 4. The molecule has 2 rings (SSSR count). The van der Waals surface area contributed by atoms with Crippen LogP contribution in [0.15, 0.2) is 30.5 Å². The van der Waals surface area contributed by atoms with Gasteiger partial charge < -0.3 is 14.2 Å². The van der Waals surface area contributed by atoms with E-state index in [2.05, 4.69) is 4.98 Å². The van der Waals surface area contributed by atoms with Crippen LogP contribution in [0.4, 0.5) is 0 Å². The lowest BCUT2D eigenvalue weighted by Gasteiger charge is -2.14. The lowest BCUT2D eigenvalue weighted by molar-refractivity contribution is 0.283. The molecule has 0 aliphatic heterocycles. The Bertz CT molecular complexity index is 620. The number of hydrogen-bond donors (Lipinski definition) is 0. The van der Waals surface area contributed by atoms with E-state index in [4.69, 9.17) is 37.4 Å². The van der Waals surface area contributed by atoms with E-state index >= 15 is 0 Å². The first kappa shape index (κ1) is 15.7. The fraction of sp³-hybridized carbons (Fsp3) is 0.267. The van der Waals surface area contributed by atoms with E-state index in [0.717, 1.165) is 5.56 Å². The summed E-state index contributed by atoms with van der Waals surface area (Å²) in [7, 11) is 3.14. The van der Waals surface area contributed by atoms with Gasteiger partial charge in [0, 0.05) is 22.8 Å². The minimum Gasteiger partial charge on any atom is -0.493 e. The number of rotatable bonds is 6. The van der Waals surface area contributed by atoms with Crippen molar-refractivity contribution in [2.75, 3.05) is 14.2 Å². The van der Waals surface area contributed by atoms with Crippen LogP contribution in [0.25, 0.3) is 0 Å². The second-order valence-corrected chi connectivity index (χ2v) is 4.81. The van der Waals surface area contributed by atoms with Gasteiger partial charge in [0.1, 0.15) is 18.1 Å². The highest BCUT2D eigenvalue weighted by molar-refractivity contribution is 6.32. The molecule has 2 aromatic rings. The highest BCUT2D eigenvalue weighted by Crippen LogP contribution is 2.32. The van der Waals surface area contributed by atoms with E-state index in [9.17, 15) is 0 Å². The molecule has 0 saturated carbocycles. The van der Waals surface area contributed by atoms with Gasteiger partial charge in [-0.25, -0.2) is 0 Å². The zero-order chi connectivity index (χ0) is 15.2. The number of benzene rings is 1. The predicted octanol–water partition coefficient (Wildman–Crippen LogP) is 4.07. The van der Waals surface area contributed by atoms with Crippen molar-refractivity contribution >= 4 is 23.2 Å². The minimum atomic E-state index is 0.227. The Morgan fingerprint density at radius 2 is 1.90 bits per heavy atom. The Kier molecular flexibility index (Phi) is 5.53. The van der Waals surface area contributed by atoms with Crippen molar-refractivity contribution in [3.8, 4) is 17.2 Å². The average molecular weight is 328 g/mol. The summed E-state index contributed by atoms with van der Waals surface area (Å²) in [5.41, 5.74) is 1.39. The summed E-state index contributed by atoms with van der Waals surface area (Å²) in [6, 6.07) is 7.13. The van der Waals surface area contributed by atoms with Gasteiger partial charge in [-0.15, -0.1) is 11.6 Å². The predicted molar refractivity (Wildman–Crippen MR) is 82.7 cm³/mol. The van der Waals surface area contributed by atoms with Gasteiger partial charge in [-0.1, -0.05) is 17.7 Å². The second-order valence-electron chi connectivity index (χ2n) is 4.13. The summed E-state index contributed by atoms with van der Waals surface area (Å²) in [6.45, 7) is 0.227. The van der Waals surface area contributed by atoms with Crippen LogP contribution in [0.5, 0.6) is 17.2 Å². The number of methoxy groups -OCH3 is 2. The molecule has 0 unspecified atom stereocenters. The van der Waals surface area contributed by atoms with Crippen molar-refractivity contribution in [2.24, 2.45) is 0 Å². The van der Waals surface area contributed by atoms with Crippen LogP contribution in [0.1, 0.15) is 11.3 Å². The van der Waals surface area contributed by atoms with Gasteiger partial charge >= 0.3 is 0 Å². The molecule has 21 heavy (non-hydrogen) atoms. The van der Waals surface area contributed by atoms with E-state index in [1.165, 1.54) is 0 Å². The number of alkyl halides is 1. The molecule has 0 N–H and O–H groups in total. The van der Waals surface area contributed by atoms with E-state index in [-0.39, 0.29) is 12.5 Å². The third-order valence-corrected chi connectivity index (χ3v) is 3.56. The number of nitrogens with zero attached hydrogens (tertiary/aromatic N) is 1. The van der Waals surface area contributed by atoms with Crippen molar-refractivity contribution in [3.05, 3.63) is 46.7 Å². The maximum absolute atomic E-state index is 6.09. The molecule has 0 amide bonds. The fourth-order valence-corrected chi connectivity index (χ4v) is 2.48. The Morgan fingerprint density at radius 1 is 1.10 bits per heavy atom. The first-order valence-electron chi connectivity index (χ1n) is 6.23. The topological polar surface area (TPSA) is 40.6 Å². The van der Waals surface area contributed by atoms with Gasteiger partial charge in [0.15, 0.2) is 11.5 Å². The molecule has 112 valence electrons. The van der Waals surface area contributed by atoms with E-state index in [1.807, 2.05) is 12.1 Å². The highest BCUT2D eigenvalue weighted by atomic mass is 35.5. The van der Waals surface area contributed by atoms with Crippen LogP contribution in [-0.2, 0) is 12.5 Å². The minimum absolute atomic E-state index is 0.227. The molecular formula is C15H15Cl2NO3. The van der Waals surface area contributed by atoms with Gasteiger partial charge in [0.2, 0.25) is 0 Å². The van der Waals surface area contributed by atoms with Crippen molar-refractivity contribution in [1.29, 1.82) is 0 Å². The zero-order valence-corrected chi connectivity index (χ0v) is 13.2. The third kappa shape index (κ3) is 3.52. The Hall–Kier alpha value is -1.65. The Morgan fingerprint density at radius 3 is 2.57 bits per heavy atom. The number of ether oxygens (including phenoxy) is 3. The molecule has 1 heterocycles. The lowest BCUT2D eigenvalue weighted by atomic mass is 10.2. The van der Waals surface area contributed by atoms with E-state index < -0.39 is 0 Å². The maximum Gasteiger partial charge on any atom is 0.185 e. The van der Waals surface area contributed by atoms with Gasteiger partial charge in [0.25, 0.3) is 0 Å². The summed E-state index contributed by atoms with van der Waals surface area (Å²) in [6.07, 6.45) is 1.64. The van der Waals surface area contributed by atoms with Crippen LogP contribution < -0.4 is 14.2 Å². The van der Waals surface area contributed by atoms with Crippen LogP contribution in [0.3, 0.4) is 0 Å². The van der Waals surface area contributed by atoms with Crippen LogP contribution in [0, 0.1) is 0 Å². The molecule has 1 aromatic carbocycles. The van der Waals surface area contributed by atoms with Crippen LogP contribution in [0.2, 0.25) is 5.02 Å². The van der Waals surface area contributed by atoms with E-state index in [1.54, 1.807) is 32.5 Å².